The third kappa shape index (κ3) is 2.57. The molecule has 0 spiro atoms. The van der Waals surface area contributed by atoms with Gasteiger partial charge in [-0.05, 0) is 26.1 Å². The predicted molar refractivity (Wildman–Crippen MR) is 65.2 cm³/mol. The Morgan fingerprint density at radius 2 is 2.13 bits per heavy atom. The molecule has 1 fully saturated rings. The molecule has 0 amide bonds. The van der Waals surface area contributed by atoms with Crippen molar-refractivity contribution in [3.63, 3.8) is 0 Å². The zero-order valence-corrected chi connectivity index (χ0v) is 9.49. The summed E-state index contributed by atoms with van der Waals surface area (Å²) in [7, 11) is 1.07. The third-order valence-corrected chi connectivity index (χ3v) is 3.32. The number of anilines is 1. The molecule has 0 saturated carbocycles. The van der Waals surface area contributed by atoms with Crippen LogP contribution in [-0.2, 0) is 4.74 Å². The van der Waals surface area contributed by atoms with Gasteiger partial charge in [-0.25, -0.2) is 0 Å². The van der Waals surface area contributed by atoms with Gasteiger partial charge in [0.25, 0.3) is 0 Å². The van der Waals surface area contributed by atoms with E-state index in [1.807, 2.05) is 24.3 Å². The smallest absolute Gasteiger partial charge is 0.0959 e. The molecule has 2 N–H and O–H groups in total. The Morgan fingerprint density at radius 3 is 2.80 bits per heavy atom. The van der Waals surface area contributed by atoms with Crippen molar-refractivity contribution in [3.05, 3.63) is 29.8 Å². The van der Waals surface area contributed by atoms with Gasteiger partial charge in [0, 0.05) is 18.8 Å². The molecule has 1 aromatic carbocycles. The number of nitrogens with two attached hydrogens (primary N) is 1. The number of hydrogen-bond donors (Lipinski definition) is 1. The lowest BCUT2D eigenvalue weighted by molar-refractivity contribution is 0.0000361. The van der Waals surface area contributed by atoms with E-state index in [1.54, 1.807) is 0 Å². The van der Waals surface area contributed by atoms with Crippen molar-refractivity contribution in [2.45, 2.75) is 6.10 Å². The number of morpholine rings is 1. The van der Waals surface area contributed by atoms with E-state index >= 15 is 0 Å². The summed E-state index contributed by atoms with van der Waals surface area (Å²) in [5.74, 6) is 0. The minimum Gasteiger partial charge on any atom is -0.399 e. The minimum absolute atomic E-state index is 0.161. The van der Waals surface area contributed by atoms with Crippen molar-refractivity contribution in [3.8, 4) is 0 Å². The van der Waals surface area contributed by atoms with Crippen LogP contribution in [-0.4, -0.2) is 30.7 Å². The van der Waals surface area contributed by atoms with Gasteiger partial charge in [0.2, 0.25) is 0 Å². The maximum atomic E-state index is 5.72. The molecule has 3 nitrogen and oxygen atoms in total. The van der Waals surface area contributed by atoms with Gasteiger partial charge in [0.15, 0.2) is 0 Å². The van der Waals surface area contributed by atoms with Gasteiger partial charge in [0.05, 0.1) is 12.7 Å². The molecule has 2 rings (SSSR count). The number of nitrogen functional groups attached to an aromatic ring is 1. The van der Waals surface area contributed by atoms with E-state index < -0.39 is 0 Å². The van der Waals surface area contributed by atoms with Crippen LogP contribution in [0.3, 0.4) is 0 Å². The average Bonchev–Trinajstić information content (AvgIpc) is 2.30. The Bertz CT molecular complexity index is 339. The number of hydrogen-bond acceptors (Lipinski definition) is 3. The maximum Gasteiger partial charge on any atom is 0.0959 e. The molecule has 1 aliphatic rings. The lowest BCUT2D eigenvalue weighted by atomic mass is 10.1. The quantitative estimate of drug-likeness (QED) is 0.614. The molecule has 1 aromatic rings. The molecule has 80 valence electrons. The zero-order chi connectivity index (χ0) is 10.7. The number of ether oxygens (including phenoxy) is 1. The highest BCUT2D eigenvalue weighted by molar-refractivity contribution is 7.33. The largest absolute Gasteiger partial charge is 0.399 e. The Morgan fingerprint density at radius 1 is 1.40 bits per heavy atom. The highest BCUT2D eigenvalue weighted by atomic mass is 31.1. The number of nitrogens with zero attached hydrogens (tertiary/aromatic N) is 1. The van der Waals surface area contributed by atoms with Gasteiger partial charge in [-0.15, -0.1) is 0 Å². The number of rotatable bonds is 2. The summed E-state index contributed by atoms with van der Waals surface area (Å²) < 4.78 is 7.99. The van der Waals surface area contributed by atoms with Crippen LogP contribution in [0.5, 0.6) is 0 Å². The zero-order valence-electron chi connectivity index (χ0n) is 8.60. The van der Waals surface area contributed by atoms with Crippen molar-refractivity contribution < 1.29 is 4.74 Å². The van der Waals surface area contributed by atoms with Gasteiger partial charge >= 0.3 is 0 Å². The van der Waals surface area contributed by atoms with Gasteiger partial charge in [-0.3, -0.25) is 4.67 Å². The highest BCUT2D eigenvalue weighted by Crippen LogP contribution is 2.25. The van der Waals surface area contributed by atoms with Crippen LogP contribution in [0.25, 0.3) is 0 Å². The van der Waals surface area contributed by atoms with Crippen LogP contribution < -0.4 is 5.73 Å². The molecule has 0 bridgehead atoms. The van der Waals surface area contributed by atoms with Crippen LogP contribution in [0.15, 0.2) is 24.3 Å². The van der Waals surface area contributed by atoms with Crippen molar-refractivity contribution in [2.24, 2.45) is 0 Å². The normalized spacial score (nSPS) is 23.1. The lowest BCUT2D eigenvalue weighted by Crippen LogP contribution is -2.32. The van der Waals surface area contributed by atoms with Crippen LogP contribution >= 0.6 is 8.35 Å². The van der Waals surface area contributed by atoms with E-state index in [1.165, 1.54) is 5.56 Å². The molecule has 1 heterocycles. The monoisotopic (exact) mass is 222 g/mol. The SMILES string of the molecule is C=PN1CCOC(c2ccc(N)cc2)C1. The molecule has 1 saturated heterocycles. The summed E-state index contributed by atoms with van der Waals surface area (Å²) in [6.07, 6.45) is 4.03. The first-order valence-electron chi connectivity index (χ1n) is 4.98. The number of benzene rings is 1. The second-order valence-corrected chi connectivity index (χ2v) is 4.43. The molecule has 0 aromatic heterocycles. The summed E-state index contributed by atoms with van der Waals surface area (Å²) in [4.78, 5) is 0. The topological polar surface area (TPSA) is 38.5 Å². The lowest BCUT2D eigenvalue weighted by Gasteiger charge is -2.30. The summed E-state index contributed by atoms with van der Waals surface area (Å²) in [5, 5.41) is 0. The first kappa shape index (κ1) is 10.6. The summed E-state index contributed by atoms with van der Waals surface area (Å²) in [6, 6.07) is 7.89. The summed E-state index contributed by atoms with van der Waals surface area (Å²) >= 11 is 0. The van der Waals surface area contributed by atoms with Gasteiger partial charge < -0.3 is 10.5 Å². The van der Waals surface area contributed by atoms with Crippen LogP contribution in [0, 0.1) is 0 Å². The Kier molecular flexibility index (Phi) is 3.37. The average molecular weight is 222 g/mol. The molecular weight excluding hydrogens is 207 g/mol. The van der Waals surface area contributed by atoms with E-state index in [2.05, 4.69) is 11.0 Å². The molecule has 1 unspecified atom stereocenters. The molecule has 4 heteroatoms. The molecule has 0 aliphatic carbocycles. The molecule has 1 atom stereocenters. The molecule has 1 aliphatic heterocycles. The fraction of sp³-hybridized carbons (Fsp3) is 0.364. The first-order chi connectivity index (χ1) is 7.29. The van der Waals surface area contributed by atoms with Crippen LogP contribution in [0.4, 0.5) is 5.69 Å². The van der Waals surface area contributed by atoms with E-state index in [9.17, 15) is 0 Å². The maximum absolute atomic E-state index is 5.72. The second kappa shape index (κ2) is 4.75. The van der Waals surface area contributed by atoms with Crippen molar-refractivity contribution in [1.82, 2.24) is 4.67 Å². The van der Waals surface area contributed by atoms with Crippen molar-refractivity contribution >= 4 is 20.3 Å². The Hall–Kier alpha value is -0.890. The van der Waals surface area contributed by atoms with E-state index in [0.717, 1.165) is 33.7 Å². The predicted octanol–water partition coefficient (Wildman–Crippen LogP) is 1.94. The molecular formula is C11H15N2OP. The molecule has 15 heavy (non-hydrogen) atoms. The van der Waals surface area contributed by atoms with Crippen molar-refractivity contribution in [1.29, 1.82) is 0 Å². The fourth-order valence-electron chi connectivity index (χ4n) is 1.68. The van der Waals surface area contributed by atoms with E-state index in [0.29, 0.717) is 0 Å². The van der Waals surface area contributed by atoms with Crippen LogP contribution in [0.1, 0.15) is 11.7 Å². The Labute approximate surface area is 91.7 Å². The van der Waals surface area contributed by atoms with Gasteiger partial charge in [-0.2, -0.15) is 0 Å². The highest BCUT2D eigenvalue weighted by Gasteiger charge is 2.20. The first-order valence-corrected chi connectivity index (χ1v) is 6.01. The van der Waals surface area contributed by atoms with E-state index in [-0.39, 0.29) is 6.10 Å². The van der Waals surface area contributed by atoms with Gasteiger partial charge in [0.1, 0.15) is 0 Å². The van der Waals surface area contributed by atoms with E-state index in [4.69, 9.17) is 10.5 Å². The fourth-order valence-corrected chi connectivity index (χ4v) is 2.16. The summed E-state index contributed by atoms with van der Waals surface area (Å²) in [6.45, 7) is 2.66. The second-order valence-electron chi connectivity index (χ2n) is 3.58. The van der Waals surface area contributed by atoms with Crippen molar-refractivity contribution in [2.75, 3.05) is 25.4 Å². The Balaban J connectivity index is 2.09. The standard InChI is InChI=1S/C11H15N2OP/c1-15-13-6-7-14-11(8-13)9-2-4-10(12)5-3-9/h2-5,11H,1,6-8,12H2. The van der Waals surface area contributed by atoms with Crippen LogP contribution in [0.2, 0.25) is 0 Å². The minimum atomic E-state index is 0.161. The third-order valence-electron chi connectivity index (χ3n) is 2.55. The van der Waals surface area contributed by atoms with Gasteiger partial charge in [-0.1, -0.05) is 18.4 Å². The molecule has 0 radical (unpaired) electrons. The summed E-state index contributed by atoms with van der Waals surface area (Å²) in [5.41, 5.74) is 7.63.